The largest absolute Gasteiger partial charge is 0.314 e. The van der Waals surface area contributed by atoms with Crippen LogP contribution in [0.3, 0.4) is 0 Å². The van der Waals surface area contributed by atoms with Crippen LogP contribution in [-0.4, -0.2) is 38.3 Å². The van der Waals surface area contributed by atoms with E-state index in [9.17, 15) is 13.2 Å². The molecule has 1 aromatic carbocycles. The molecule has 1 amide bonds. The minimum Gasteiger partial charge on any atom is -0.314 e. The highest BCUT2D eigenvalue weighted by Gasteiger charge is 2.43. The van der Waals surface area contributed by atoms with Crippen LogP contribution in [0.1, 0.15) is 52.0 Å². The number of nitrogens with zero attached hydrogens (tertiary/aromatic N) is 2. The van der Waals surface area contributed by atoms with Crippen molar-refractivity contribution in [2.24, 2.45) is 0 Å². The van der Waals surface area contributed by atoms with Gasteiger partial charge in [-0.1, -0.05) is 13.3 Å². The third kappa shape index (κ3) is 2.47. The first kappa shape index (κ1) is 17.4. The van der Waals surface area contributed by atoms with Gasteiger partial charge in [-0.2, -0.15) is 4.31 Å². The second kappa shape index (κ2) is 5.85. The smallest absolute Gasteiger partial charge is 0.243 e. The highest BCUT2D eigenvalue weighted by Crippen LogP contribution is 2.42. The first-order valence-electron chi connectivity index (χ1n) is 8.65. The summed E-state index contributed by atoms with van der Waals surface area (Å²) in [6, 6.07) is 5.18. The Bertz CT molecular complexity index is 770. The van der Waals surface area contributed by atoms with Gasteiger partial charge >= 0.3 is 0 Å². The fourth-order valence-corrected chi connectivity index (χ4v) is 5.74. The lowest BCUT2D eigenvalue weighted by Gasteiger charge is -2.34. The minimum atomic E-state index is -3.53. The third-order valence-corrected chi connectivity index (χ3v) is 7.44. The minimum absolute atomic E-state index is 0.00328. The van der Waals surface area contributed by atoms with E-state index in [0.29, 0.717) is 11.4 Å². The summed E-state index contributed by atoms with van der Waals surface area (Å²) in [6.45, 7) is 6.33. The number of sulfonamides is 1. The van der Waals surface area contributed by atoms with Crippen LogP contribution in [0.5, 0.6) is 0 Å². The molecule has 0 aromatic heterocycles. The maximum absolute atomic E-state index is 13.2. The van der Waals surface area contributed by atoms with Crippen molar-refractivity contribution in [3.63, 3.8) is 0 Å². The Labute approximate surface area is 144 Å². The monoisotopic (exact) mass is 350 g/mol. The van der Waals surface area contributed by atoms with Crippen LogP contribution < -0.4 is 4.90 Å². The molecule has 0 saturated carbocycles. The predicted molar refractivity (Wildman–Crippen MR) is 94.7 cm³/mol. The summed E-state index contributed by atoms with van der Waals surface area (Å²) in [7, 11) is -1.79. The second-order valence-electron chi connectivity index (χ2n) is 7.34. The summed E-state index contributed by atoms with van der Waals surface area (Å²) >= 11 is 0. The molecule has 132 valence electrons. The van der Waals surface area contributed by atoms with Crippen LogP contribution in [0.15, 0.2) is 23.1 Å². The molecule has 6 heteroatoms. The van der Waals surface area contributed by atoms with Crippen LogP contribution >= 0.6 is 0 Å². The lowest BCUT2D eigenvalue weighted by molar-refractivity contribution is -0.121. The van der Waals surface area contributed by atoms with Gasteiger partial charge in [-0.05, 0) is 56.9 Å². The van der Waals surface area contributed by atoms with Gasteiger partial charge in [-0.3, -0.25) is 4.79 Å². The highest BCUT2D eigenvalue weighted by molar-refractivity contribution is 7.89. The second-order valence-corrected chi connectivity index (χ2v) is 9.23. The maximum atomic E-state index is 13.2. The number of carbonyl (C=O) groups is 1. The summed E-state index contributed by atoms with van der Waals surface area (Å²) in [6.07, 6.45) is 3.75. The standard InChI is InChI=1S/C18H26N2O3S/c1-5-13-8-6-7-11-20(13)24(22,23)14-9-10-16-15(12-14)18(2,3)17(21)19(16)4/h9-10,12-13H,5-8,11H2,1-4H3/t13-/m1/s1. The van der Waals surface area contributed by atoms with Crippen LogP contribution in [-0.2, 0) is 20.2 Å². The Balaban J connectivity index is 2.05. The number of rotatable bonds is 3. The van der Waals surface area contributed by atoms with E-state index in [0.717, 1.165) is 36.9 Å². The van der Waals surface area contributed by atoms with Gasteiger partial charge in [0.2, 0.25) is 15.9 Å². The third-order valence-electron chi connectivity index (χ3n) is 5.49. The van der Waals surface area contributed by atoms with E-state index in [1.54, 1.807) is 34.5 Å². The maximum Gasteiger partial charge on any atom is 0.243 e. The number of fused-ring (bicyclic) bond motifs is 1. The fourth-order valence-electron chi connectivity index (χ4n) is 3.95. The molecule has 2 aliphatic heterocycles. The number of likely N-dealkylation sites (N-methyl/N-ethyl adjacent to an activating group) is 1. The highest BCUT2D eigenvalue weighted by atomic mass is 32.2. The number of anilines is 1. The Hall–Kier alpha value is -1.40. The Morgan fingerprint density at radius 3 is 2.62 bits per heavy atom. The van der Waals surface area contributed by atoms with Crippen molar-refractivity contribution >= 4 is 21.6 Å². The molecule has 1 saturated heterocycles. The van der Waals surface area contributed by atoms with Crippen molar-refractivity contribution in [3.05, 3.63) is 23.8 Å². The number of amides is 1. The normalized spacial score (nSPS) is 24.2. The van der Waals surface area contributed by atoms with E-state index in [1.165, 1.54) is 0 Å². The van der Waals surface area contributed by atoms with Gasteiger partial charge in [0.15, 0.2) is 0 Å². The molecule has 1 atom stereocenters. The quantitative estimate of drug-likeness (QED) is 0.842. The molecule has 0 radical (unpaired) electrons. The lowest BCUT2D eigenvalue weighted by Crippen LogP contribution is -2.43. The summed E-state index contributed by atoms with van der Waals surface area (Å²) in [5.74, 6) is -0.00328. The Morgan fingerprint density at radius 1 is 1.25 bits per heavy atom. The van der Waals surface area contributed by atoms with Crippen molar-refractivity contribution in [1.82, 2.24) is 4.31 Å². The van der Waals surface area contributed by atoms with Gasteiger partial charge in [0.1, 0.15) is 0 Å². The van der Waals surface area contributed by atoms with E-state index in [2.05, 4.69) is 0 Å². The molecule has 0 spiro atoms. The Kier molecular flexibility index (Phi) is 4.24. The summed E-state index contributed by atoms with van der Waals surface area (Å²) in [4.78, 5) is 14.3. The van der Waals surface area contributed by atoms with E-state index in [1.807, 2.05) is 20.8 Å². The summed E-state index contributed by atoms with van der Waals surface area (Å²) < 4.78 is 28.0. The number of benzene rings is 1. The van der Waals surface area contributed by atoms with Gasteiger partial charge in [-0.15, -0.1) is 0 Å². The summed E-state index contributed by atoms with van der Waals surface area (Å²) in [5, 5.41) is 0. The van der Waals surface area contributed by atoms with Gasteiger partial charge < -0.3 is 4.90 Å². The van der Waals surface area contributed by atoms with Gasteiger partial charge in [0.25, 0.3) is 0 Å². The molecule has 0 N–H and O–H groups in total. The average Bonchev–Trinajstić information content (AvgIpc) is 2.75. The molecular formula is C18H26N2O3S. The number of hydrogen-bond donors (Lipinski definition) is 0. The van der Waals surface area contributed by atoms with Crippen molar-refractivity contribution in [2.75, 3.05) is 18.5 Å². The summed E-state index contributed by atoms with van der Waals surface area (Å²) in [5.41, 5.74) is 0.901. The molecular weight excluding hydrogens is 324 g/mol. The topological polar surface area (TPSA) is 57.7 Å². The van der Waals surface area contributed by atoms with Crippen molar-refractivity contribution in [2.45, 2.75) is 62.8 Å². The number of carbonyl (C=O) groups excluding carboxylic acids is 1. The fraction of sp³-hybridized carbons (Fsp3) is 0.611. The first-order valence-corrected chi connectivity index (χ1v) is 10.1. The van der Waals surface area contributed by atoms with Crippen LogP contribution in [0.2, 0.25) is 0 Å². The molecule has 3 rings (SSSR count). The molecule has 2 heterocycles. The molecule has 0 bridgehead atoms. The van der Waals surface area contributed by atoms with E-state index in [-0.39, 0.29) is 11.9 Å². The number of piperidine rings is 1. The SMILES string of the molecule is CC[C@@H]1CCCCN1S(=O)(=O)c1ccc2c(c1)C(C)(C)C(=O)N2C. The zero-order valence-electron chi connectivity index (χ0n) is 14.9. The van der Waals surface area contributed by atoms with Crippen LogP contribution in [0, 0.1) is 0 Å². The molecule has 0 unspecified atom stereocenters. The van der Waals surface area contributed by atoms with Crippen LogP contribution in [0.25, 0.3) is 0 Å². The molecule has 24 heavy (non-hydrogen) atoms. The van der Waals surface area contributed by atoms with Gasteiger partial charge in [0, 0.05) is 25.3 Å². The van der Waals surface area contributed by atoms with E-state index >= 15 is 0 Å². The number of hydrogen-bond acceptors (Lipinski definition) is 3. The van der Waals surface area contributed by atoms with Crippen molar-refractivity contribution in [1.29, 1.82) is 0 Å². The Morgan fingerprint density at radius 2 is 1.96 bits per heavy atom. The molecule has 0 aliphatic carbocycles. The molecule has 5 nitrogen and oxygen atoms in total. The van der Waals surface area contributed by atoms with Gasteiger partial charge in [0.05, 0.1) is 10.3 Å². The van der Waals surface area contributed by atoms with Crippen LogP contribution in [0.4, 0.5) is 5.69 Å². The predicted octanol–water partition coefficient (Wildman–Crippen LogP) is 2.89. The van der Waals surface area contributed by atoms with E-state index in [4.69, 9.17) is 0 Å². The molecule has 1 aromatic rings. The van der Waals surface area contributed by atoms with Crippen molar-refractivity contribution < 1.29 is 13.2 Å². The van der Waals surface area contributed by atoms with E-state index < -0.39 is 15.4 Å². The lowest BCUT2D eigenvalue weighted by atomic mass is 9.86. The zero-order valence-corrected chi connectivity index (χ0v) is 15.7. The zero-order chi connectivity index (χ0) is 17.7. The first-order chi connectivity index (χ1) is 11.2. The average molecular weight is 350 g/mol. The molecule has 1 fully saturated rings. The van der Waals surface area contributed by atoms with Gasteiger partial charge in [-0.25, -0.2) is 8.42 Å². The van der Waals surface area contributed by atoms with Crippen molar-refractivity contribution in [3.8, 4) is 0 Å². The molecule has 2 aliphatic rings.